The summed E-state index contributed by atoms with van der Waals surface area (Å²) in [5.41, 5.74) is 0.916. The molecule has 0 radical (unpaired) electrons. The van der Waals surface area contributed by atoms with Gasteiger partial charge in [-0.1, -0.05) is 18.2 Å². The van der Waals surface area contributed by atoms with Crippen LogP contribution in [0.4, 0.5) is 4.39 Å². The van der Waals surface area contributed by atoms with Gasteiger partial charge in [-0.2, -0.15) is 0 Å². The molecule has 0 amide bonds. The maximum absolute atomic E-state index is 13.8. The molecule has 3 rings (SSSR count). The lowest BCUT2D eigenvalue weighted by molar-refractivity contribution is -0.129. The van der Waals surface area contributed by atoms with Crippen LogP contribution >= 0.6 is 0 Å². The van der Waals surface area contributed by atoms with E-state index in [1.54, 1.807) is 36.4 Å². The average molecular weight is 341 g/mol. The van der Waals surface area contributed by atoms with E-state index in [2.05, 4.69) is 4.99 Å². The summed E-state index contributed by atoms with van der Waals surface area (Å²) >= 11 is 0. The van der Waals surface area contributed by atoms with E-state index < -0.39 is 11.8 Å². The zero-order valence-electron chi connectivity index (χ0n) is 13.8. The monoisotopic (exact) mass is 341 g/mol. The maximum atomic E-state index is 13.8. The highest BCUT2D eigenvalue weighted by Crippen LogP contribution is 2.29. The van der Waals surface area contributed by atoms with Crippen LogP contribution in [0, 0.1) is 5.82 Å². The van der Waals surface area contributed by atoms with E-state index >= 15 is 0 Å². The fourth-order valence-electron chi connectivity index (χ4n) is 2.37. The Morgan fingerprint density at radius 1 is 1.20 bits per heavy atom. The highest BCUT2D eigenvalue weighted by atomic mass is 19.1. The number of hydrogen-bond acceptors (Lipinski definition) is 5. The van der Waals surface area contributed by atoms with Crippen molar-refractivity contribution in [1.82, 2.24) is 0 Å². The van der Waals surface area contributed by atoms with Crippen molar-refractivity contribution in [2.45, 2.75) is 6.92 Å². The Bertz CT molecular complexity index is 873. The van der Waals surface area contributed by atoms with Crippen LogP contribution in [-0.2, 0) is 9.53 Å². The normalized spacial score (nSPS) is 15.1. The number of cyclic esters (lactones) is 1. The molecular formula is C19H16FNO4. The molecule has 0 N–H and O–H groups in total. The number of carbonyl (C=O) groups is 1. The molecule has 0 aromatic heterocycles. The summed E-state index contributed by atoms with van der Waals surface area (Å²) in [5, 5.41) is 0. The second kappa shape index (κ2) is 7.17. The first-order valence-electron chi connectivity index (χ1n) is 7.70. The van der Waals surface area contributed by atoms with Gasteiger partial charge in [-0.25, -0.2) is 14.2 Å². The molecule has 128 valence electrons. The first-order valence-corrected chi connectivity index (χ1v) is 7.70. The summed E-state index contributed by atoms with van der Waals surface area (Å²) < 4.78 is 29.6. The summed E-state index contributed by atoms with van der Waals surface area (Å²) in [4.78, 5) is 16.1. The fraction of sp³-hybridized carbons (Fsp3) is 0.158. The highest BCUT2D eigenvalue weighted by Gasteiger charge is 2.26. The van der Waals surface area contributed by atoms with Crippen LogP contribution in [0.3, 0.4) is 0 Å². The van der Waals surface area contributed by atoms with Crippen molar-refractivity contribution >= 4 is 17.9 Å². The Kier molecular flexibility index (Phi) is 4.79. The van der Waals surface area contributed by atoms with Crippen molar-refractivity contribution in [1.29, 1.82) is 0 Å². The minimum Gasteiger partial charge on any atom is -0.493 e. The van der Waals surface area contributed by atoms with Crippen LogP contribution < -0.4 is 9.47 Å². The summed E-state index contributed by atoms with van der Waals surface area (Å²) in [6, 6.07) is 11.2. The minimum absolute atomic E-state index is 0.0488. The molecule has 0 atom stereocenters. The van der Waals surface area contributed by atoms with Crippen molar-refractivity contribution in [2.24, 2.45) is 4.99 Å². The van der Waals surface area contributed by atoms with Crippen LogP contribution in [0.5, 0.6) is 11.5 Å². The van der Waals surface area contributed by atoms with Crippen molar-refractivity contribution in [2.75, 3.05) is 13.7 Å². The summed E-state index contributed by atoms with van der Waals surface area (Å²) in [6.45, 7) is 2.39. The summed E-state index contributed by atoms with van der Waals surface area (Å²) in [7, 11) is 1.53. The number of halogens is 1. The Hall–Kier alpha value is -3.15. The molecule has 1 aliphatic rings. The molecular weight excluding hydrogens is 325 g/mol. The molecule has 0 unspecified atom stereocenters. The molecule has 0 bridgehead atoms. The predicted octanol–water partition coefficient (Wildman–Crippen LogP) is 3.58. The topological polar surface area (TPSA) is 57.1 Å². The molecule has 2 aromatic rings. The second-order valence-corrected chi connectivity index (χ2v) is 5.16. The SMILES string of the molecule is CCOc1ccc(C=C2N=C(c3ccccc3F)OC2=O)cc1OC. The van der Waals surface area contributed by atoms with Gasteiger partial charge in [-0.05, 0) is 42.8 Å². The molecule has 1 heterocycles. The van der Waals surface area contributed by atoms with Crippen molar-refractivity contribution < 1.29 is 23.4 Å². The number of esters is 1. The van der Waals surface area contributed by atoms with Crippen molar-refractivity contribution in [3.05, 3.63) is 65.1 Å². The smallest absolute Gasteiger partial charge is 0.363 e. The second-order valence-electron chi connectivity index (χ2n) is 5.16. The third-order valence-corrected chi connectivity index (χ3v) is 3.52. The van der Waals surface area contributed by atoms with Gasteiger partial charge in [0.05, 0.1) is 19.3 Å². The van der Waals surface area contributed by atoms with E-state index in [1.165, 1.54) is 19.2 Å². The van der Waals surface area contributed by atoms with Gasteiger partial charge in [-0.15, -0.1) is 0 Å². The average Bonchev–Trinajstić information content (AvgIpc) is 2.97. The van der Waals surface area contributed by atoms with Gasteiger partial charge in [0.1, 0.15) is 5.82 Å². The van der Waals surface area contributed by atoms with Crippen molar-refractivity contribution in [3.8, 4) is 11.5 Å². The van der Waals surface area contributed by atoms with E-state index in [0.29, 0.717) is 23.7 Å². The van der Waals surface area contributed by atoms with Crippen molar-refractivity contribution in [3.63, 3.8) is 0 Å². The number of nitrogens with zero attached hydrogens (tertiary/aromatic N) is 1. The number of rotatable bonds is 5. The number of ether oxygens (including phenoxy) is 3. The minimum atomic E-state index is -0.633. The van der Waals surface area contributed by atoms with E-state index in [4.69, 9.17) is 14.2 Å². The maximum Gasteiger partial charge on any atom is 0.363 e. The highest BCUT2D eigenvalue weighted by molar-refractivity contribution is 6.12. The van der Waals surface area contributed by atoms with E-state index in [1.807, 2.05) is 6.92 Å². The predicted molar refractivity (Wildman–Crippen MR) is 91.2 cm³/mol. The van der Waals surface area contributed by atoms with E-state index in [0.717, 1.165) is 0 Å². The standard InChI is InChI=1S/C19H16FNO4/c1-3-24-16-9-8-12(11-17(16)23-2)10-15-19(22)25-18(21-15)13-6-4-5-7-14(13)20/h4-11H,3H2,1-2H3. The zero-order valence-corrected chi connectivity index (χ0v) is 13.8. The first kappa shape index (κ1) is 16.7. The zero-order chi connectivity index (χ0) is 17.8. The fourth-order valence-corrected chi connectivity index (χ4v) is 2.37. The molecule has 2 aromatic carbocycles. The molecule has 0 aliphatic carbocycles. The third-order valence-electron chi connectivity index (χ3n) is 3.52. The molecule has 1 aliphatic heterocycles. The van der Waals surface area contributed by atoms with Crippen LogP contribution in [-0.4, -0.2) is 25.6 Å². The number of hydrogen-bond donors (Lipinski definition) is 0. The van der Waals surface area contributed by atoms with Crippen LogP contribution in [0.25, 0.3) is 6.08 Å². The van der Waals surface area contributed by atoms with Crippen LogP contribution in [0.2, 0.25) is 0 Å². The molecule has 0 spiro atoms. The third kappa shape index (κ3) is 3.52. The molecule has 6 heteroatoms. The lowest BCUT2D eigenvalue weighted by atomic mass is 10.1. The van der Waals surface area contributed by atoms with E-state index in [-0.39, 0.29) is 17.2 Å². The van der Waals surface area contributed by atoms with Crippen LogP contribution in [0.15, 0.2) is 53.2 Å². The Balaban J connectivity index is 1.93. The summed E-state index contributed by atoms with van der Waals surface area (Å²) in [6.07, 6.45) is 1.55. The van der Waals surface area contributed by atoms with Gasteiger partial charge in [0.25, 0.3) is 0 Å². The molecule has 0 saturated heterocycles. The van der Waals surface area contributed by atoms with Gasteiger partial charge >= 0.3 is 5.97 Å². The Labute approximate surface area is 144 Å². The molecule has 0 fully saturated rings. The molecule has 25 heavy (non-hydrogen) atoms. The Morgan fingerprint density at radius 3 is 2.72 bits per heavy atom. The molecule has 0 saturated carbocycles. The van der Waals surface area contributed by atoms with Gasteiger partial charge in [-0.3, -0.25) is 0 Å². The first-order chi connectivity index (χ1) is 12.1. The van der Waals surface area contributed by atoms with Gasteiger partial charge < -0.3 is 14.2 Å². The van der Waals surface area contributed by atoms with Gasteiger partial charge in [0, 0.05) is 0 Å². The number of carbonyl (C=O) groups excluding carboxylic acids is 1. The largest absolute Gasteiger partial charge is 0.493 e. The Morgan fingerprint density at radius 2 is 2.00 bits per heavy atom. The summed E-state index contributed by atoms with van der Waals surface area (Å²) in [5.74, 6) is -0.0334. The number of benzene rings is 2. The number of aliphatic imine (C=N–C) groups is 1. The quantitative estimate of drug-likeness (QED) is 0.616. The molecule has 5 nitrogen and oxygen atoms in total. The van der Waals surface area contributed by atoms with Crippen LogP contribution in [0.1, 0.15) is 18.1 Å². The lowest BCUT2D eigenvalue weighted by Crippen LogP contribution is -2.07. The lowest BCUT2D eigenvalue weighted by Gasteiger charge is -2.09. The van der Waals surface area contributed by atoms with Gasteiger partial charge in [0.2, 0.25) is 5.90 Å². The van der Waals surface area contributed by atoms with Gasteiger partial charge in [0.15, 0.2) is 17.2 Å². The van der Waals surface area contributed by atoms with E-state index in [9.17, 15) is 9.18 Å². The number of methoxy groups -OCH3 is 1.